The molecule has 0 aliphatic carbocycles. The molecule has 13 heteroatoms. The summed E-state index contributed by atoms with van der Waals surface area (Å²) >= 11 is 4.99. The predicted octanol–water partition coefficient (Wildman–Crippen LogP) is 2.35. The molecule has 0 radical (unpaired) electrons. The largest absolute Gasteiger partial charge is 0.454 e. The number of hydrogen-bond donors (Lipinski definition) is 3. The number of hydrogen-bond acceptors (Lipinski definition) is 10. The summed E-state index contributed by atoms with van der Waals surface area (Å²) in [5.41, 5.74) is 8.72. The second-order valence-electron chi connectivity index (χ2n) is 6.47. The van der Waals surface area contributed by atoms with E-state index in [0.717, 1.165) is 9.37 Å². The van der Waals surface area contributed by atoms with E-state index in [2.05, 4.69) is 30.9 Å². The van der Waals surface area contributed by atoms with Gasteiger partial charge in [-0.15, -0.1) is 0 Å². The van der Waals surface area contributed by atoms with Crippen LogP contribution in [0.2, 0.25) is 0 Å². The van der Waals surface area contributed by atoms with Crippen LogP contribution in [-0.4, -0.2) is 50.6 Å². The number of amides is 1. The first-order chi connectivity index (χ1) is 15.1. The second-order valence-corrected chi connectivity index (χ2v) is 8.33. The van der Waals surface area contributed by atoms with Gasteiger partial charge >= 0.3 is 0 Å². The summed E-state index contributed by atoms with van der Waals surface area (Å²) in [7, 11) is 0. The molecule has 2 aromatic heterocycles. The van der Waals surface area contributed by atoms with E-state index >= 15 is 0 Å². The fourth-order valence-electron chi connectivity index (χ4n) is 2.94. The first kappa shape index (κ1) is 21.6. The van der Waals surface area contributed by atoms with Gasteiger partial charge in [-0.1, -0.05) is 11.8 Å². The lowest BCUT2D eigenvalue weighted by Crippen LogP contribution is -2.18. The number of halogens is 1. The molecule has 164 valence electrons. The normalized spacial score (nSPS) is 12.5. The summed E-state index contributed by atoms with van der Waals surface area (Å²) in [6, 6.07) is 3.75. The number of nitrogens with one attached hydrogen (secondary N) is 1. The van der Waals surface area contributed by atoms with Crippen LogP contribution in [0, 0.1) is 0 Å². The molecule has 1 aromatic carbocycles. The topological polar surface area (TPSA) is 147 Å². The van der Waals surface area contributed by atoms with E-state index in [1.54, 1.807) is 5.48 Å². The Morgan fingerprint density at radius 1 is 1.32 bits per heavy atom. The van der Waals surface area contributed by atoms with Gasteiger partial charge in [-0.25, -0.2) is 20.4 Å². The van der Waals surface area contributed by atoms with Crippen LogP contribution in [-0.2, 0) is 16.1 Å². The summed E-state index contributed by atoms with van der Waals surface area (Å²) in [6.45, 7) is 1.43. The number of benzene rings is 1. The Labute approximate surface area is 189 Å². The van der Waals surface area contributed by atoms with Gasteiger partial charge in [0.05, 0.1) is 13.2 Å². The number of hydroxylamine groups is 1. The van der Waals surface area contributed by atoms with Gasteiger partial charge in [-0.3, -0.25) is 10.0 Å². The van der Waals surface area contributed by atoms with Gasteiger partial charge in [0.25, 0.3) is 0 Å². The van der Waals surface area contributed by atoms with Crippen LogP contribution >= 0.6 is 27.7 Å². The quantitative estimate of drug-likeness (QED) is 0.222. The molecule has 0 saturated heterocycles. The van der Waals surface area contributed by atoms with E-state index in [9.17, 15) is 4.79 Å². The standard InChI is InChI=1S/C18H19BrN6O5S/c19-10-6-11-12(30-9-29-11)7-13(10)31-18-23-15-16(20)21-8-22-17(15)25(18)3-5-28-4-1-2-14(26)24-27/h6-8,27H,1-5,9H2,(H,24,26)(H2,20,21,22). The summed E-state index contributed by atoms with van der Waals surface area (Å²) in [5, 5.41) is 9.19. The molecule has 1 aliphatic rings. The molecule has 0 saturated carbocycles. The summed E-state index contributed by atoms with van der Waals surface area (Å²) in [5.74, 6) is 1.21. The van der Waals surface area contributed by atoms with Crippen molar-refractivity contribution in [2.45, 2.75) is 29.4 Å². The van der Waals surface area contributed by atoms with E-state index in [4.69, 9.17) is 25.2 Å². The second kappa shape index (κ2) is 9.68. The molecule has 0 fully saturated rings. The average molecular weight is 511 g/mol. The molecule has 4 rings (SSSR count). The minimum Gasteiger partial charge on any atom is -0.454 e. The van der Waals surface area contributed by atoms with Crippen LogP contribution < -0.4 is 20.7 Å². The van der Waals surface area contributed by atoms with Gasteiger partial charge in [-0.05, 0) is 34.5 Å². The van der Waals surface area contributed by atoms with Gasteiger partial charge in [0.15, 0.2) is 33.6 Å². The van der Waals surface area contributed by atoms with Gasteiger partial charge in [0.2, 0.25) is 12.7 Å². The Balaban J connectivity index is 1.52. The van der Waals surface area contributed by atoms with Crippen molar-refractivity contribution in [2.24, 2.45) is 0 Å². The summed E-state index contributed by atoms with van der Waals surface area (Å²) in [6.07, 6.45) is 2.08. The van der Waals surface area contributed by atoms with Gasteiger partial charge < -0.3 is 24.5 Å². The smallest absolute Gasteiger partial charge is 0.243 e. The van der Waals surface area contributed by atoms with Crippen molar-refractivity contribution < 1.29 is 24.2 Å². The number of ether oxygens (including phenoxy) is 3. The van der Waals surface area contributed by atoms with Crippen LogP contribution in [0.25, 0.3) is 11.2 Å². The van der Waals surface area contributed by atoms with Crippen LogP contribution in [0.3, 0.4) is 0 Å². The number of anilines is 1. The molecule has 1 amide bonds. The lowest BCUT2D eigenvalue weighted by atomic mass is 10.3. The molecular formula is C18H19BrN6O5S. The zero-order valence-corrected chi connectivity index (χ0v) is 18.6. The molecule has 3 aromatic rings. The van der Waals surface area contributed by atoms with Crippen LogP contribution in [0.1, 0.15) is 12.8 Å². The Bertz CT molecular complexity index is 1110. The van der Waals surface area contributed by atoms with Crippen molar-refractivity contribution in [3.05, 3.63) is 22.9 Å². The number of nitrogens with zero attached hydrogens (tertiary/aromatic N) is 4. The third kappa shape index (κ3) is 4.84. The van der Waals surface area contributed by atoms with E-state index in [1.807, 2.05) is 16.7 Å². The van der Waals surface area contributed by atoms with E-state index in [1.165, 1.54) is 18.1 Å². The molecule has 11 nitrogen and oxygen atoms in total. The number of rotatable bonds is 9. The Hall–Kier alpha value is -2.61. The van der Waals surface area contributed by atoms with E-state index in [0.29, 0.717) is 59.8 Å². The highest BCUT2D eigenvalue weighted by molar-refractivity contribution is 9.10. The average Bonchev–Trinajstić information content (AvgIpc) is 3.35. The first-order valence-electron chi connectivity index (χ1n) is 9.31. The van der Waals surface area contributed by atoms with Crippen molar-refractivity contribution in [1.82, 2.24) is 25.0 Å². The minimum atomic E-state index is -0.440. The highest BCUT2D eigenvalue weighted by atomic mass is 79.9. The molecule has 4 N–H and O–H groups in total. The van der Waals surface area contributed by atoms with Crippen LogP contribution in [0.4, 0.5) is 5.82 Å². The highest BCUT2D eigenvalue weighted by Crippen LogP contribution is 2.43. The number of fused-ring (bicyclic) bond motifs is 2. The molecule has 1 aliphatic heterocycles. The molecule has 0 bridgehead atoms. The molecule has 0 unspecified atom stereocenters. The van der Waals surface area contributed by atoms with E-state index in [-0.39, 0.29) is 13.2 Å². The molecule has 3 heterocycles. The third-order valence-corrected chi connectivity index (χ3v) is 6.40. The zero-order valence-electron chi connectivity index (χ0n) is 16.2. The summed E-state index contributed by atoms with van der Waals surface area (Å²) in [4.78, 5) is 24.9. The number of aromatic nitrogens is 4. The van der Waals surface area contributed by atoms with Crippen molar-refractivity contribution in [3.63, 3.8) is 0 Å². The maximum absolute atomic E-state index is 11.0. The molecule has 31 heavy (non-hydrogen) atoms. The van der Waals surface area contributed by atoms with Crippen molar-refractivity contribution in [3.8, 4) is 11.5 Å². The molecular weight excluding hydrogens is 492 g/mol. The number of imidazole rings is 1. The van der Waals surface area contributed by atoms with Gasteiger partial charge in [0, 0.05) is 22.4 Å². The van der Waals surface area contributed by atoms with Crippen molar-refractivity contribution in [2.75, 3.05) is 25.7 Å². The number of carbonyl (C=O) groups is 1. The third-order valence-electron chi connectivity index (χ3n) is 4.43. The highest BCUT2D eigenvalue weighted by Gasteiger charge is 2.20. The Morgan fingerprint density at radius 2 is 2.13 bits per heavy atom. The van der Waals surface area contributed by atoms with Crippen LogP contribution in [0.5, 0.6) is 11.5 Å². The lowest BCUT2D eigenvalue weighted by molar-refractivity contribution is -0.129. The monoisotopic (exact) mass is 510 g/mol. The fraction of sp³-hybridized carbons (Fsp3) is 0.333. The maximum atomic E-state index is 11.0. The van der Waals surface area contributed by atoms with Crippen molar-refractivity contribution in [1.29, 1.82) is 0 Å². The fourth-order valence-corrected chi connectivity index (χ4v) is 4.45. The maximum Gasteiger partial charge on any atom is 0.243 e. The summed E-state index contributed by atoms with van der Waals surface area (Å²) < 4.78 is 19.3. The SMILES string of the molecule is Nc1ncnc2c1nc(Sc1cc3c(cc1Br)OCO3)n2CCOCCCC(=O)NO. The van der Waals surface area contributed by atoms with Gasteiger partial charge in [-0.2, -0.15) is 0 Å². The lowest BCUT2D eigenvalue weighted by Gasteiger charge is -2.10. The van der Waals surface area contributed by atoms with Crippen molar-refractivity contribution >= 4 is 50.6 Å². The number of nitrogens with two attached hydrogens (primary N) is 1. The number of carbonyl (C=O) groups excluding carboxylic acids is 1. The van der Waals surface area contributed by atoms with Crippen LogP contribution in [0.15, 0.2) is 33.0 Å². The minimum absolute atomic E-state index is 0.188. The Kier molecular flexibility index (Phi) is 6.75. The molecule has 0 spiro atoms. The van der Waals surface area contributed by atoms with Gasteiger partial charge in [0.1, 0.15) is 6.33 Å². The molecule has 0 atom stereocenters. The first-order valence-corrected chi connectivity index (χ1v) is 10.9. The zero-order chi connectivity index (χ0) is 21.8. The van der Waals surface area contributed by atoms with E-state index < -0.39 is 5.91 Å². The number of nitrogen functional groups attached to an aromatic ring is 1. The Morgan fingerprint density at radius 3 is 2.94 bits per heavy atom. The predicted molar refractivity (Wildman–Crippen MR) is 114 cm³/mol.